The quantitative estimate of drug-likeness (QED) is 0.560. The summed E-state index contributed by atoms with van der Waals surface area (Å²) in [4.78, 5) is 21.9. The maximum atomic E-state index is 4.67. The van der Waals surface area contributed by atoms with E-state index in [-0.39, 0.29) is 6.04 Å². The van der Waals surface area contributed by atoms with Crippen LogP contribution in [0.2, 0.25) is 0 Å². The highest BCUT2D eigenvalue weighted by molar-refractivity contribution is 5.53. The second kappa shape index (κ2) is 8.06. The van der Waals surface area contributed by atoms with Crippen LogP contribution in [0.15, 0.2) is 67.5 Å². The van der Waals surface area contributed by atoms with Gasteiger partial charge < -0.3 is 5.32 Å². The highest BCUT2D eigenvalue weighted by Crippen LogP contribution is 2.20. The third-order valence-corrected chi connectivity index (χ3v) is 4.61. The monoisotopic (exact) mass is 371 g/mol. The Morgan fingerprint density at radius 2 is 1.79 bits per heavy atom. The molecule has 4 heterocycles. The van der Waals surface area contributed by atoms with E-state index >= 15 is 0 Å². The van der Waals surface area contributed by atoms with Crippen molar-refractivity contribution in [1.82, 2.24) is 34.8 Å². The summed E-state index contributed by atoms with van der Waals surface area (Å²) in [6.07, 6.45) is 10.8. The van der Waals surface area contributed by atoms with Gasteiger partial charge in [-0.05, 0) is 44.2 Å². The summed E-state index contributed by atoms with van der Waals surface area (Å²) in [5.41, 5.74) is 4.09. The van der Waals surface area contributed by atoms with Crippen LogP contribution in [0.4, 0.5) is 0 Å². The zero-order valence-corrected chi connectivity index (χ0v) is 15.8. The van der Waals surface area contributed by atoms with Crippen LogP contribution in [-0.4, -0.2) is 29.5 Å². The number of hydrogen-bond acceptors (Lipinski definition) is 6. The standard InChI is InChI=1S/C21H21N7/c1-15(19-14-26-20(27-16(19)2)17-6-10-22-11-7-17)25-13-18-5-3-12-28(18)21-23-8-4-9-24-21/h3-12,14-15,25H,13H2,1-2H3. The van der Waals surface area contributed by atoms with Crippen molar-refractivity contribution in [2.75, 3.05) is 0 Å². The SMILES string of the molecule is Cc1nc(-c2ccncc2)ncc1C(C)NCc1cccn1-c1ncccn1. The Morgan fingerprint density at radius 1 is 1.00 bits per heavy atom. The summed E-state index contributed by atoms with van der Waals surface area (Å²) in [7, 11) is 0. The van der Waals surface area contributed by atoms with E-state index in [1.807, 2.05) is 48.1 Å². The summed E-state index contributed by atoms with van der Waals surface area (Å²) in [5, 5.41) is 3.55. The van der Waals surface area contributed by atoms with Gasteiger partial charge in [0.2, 0.25) is 5.95 Å². The van der Waals surface area contributed by atoms with Gasteiger partial charge in [-0.25, -0.2) is 19.9 Å². The molecule has 0 spiro atoms. The second-order valence-corrected chi connectivity index (χ2v) is 6.49. The van der Waals surface area contributed by atoms with Gasteiger partial charge in [0.1, 0.15) is 0 Å². The van der Waals surface area contributed by atoms with Crippen LogP contribution in [0.3, 0.4) is 0 Å². The first kappa shape index (κ1) is 17.9. The van der Waals surface area contributed by atoms with Crippen molar-refractivity contribution in [3.8, 4) is 17.3 Å². The van der Waals surface area contributed by atoms with E-state index < -0.39 is 0 Å². The van der Waals surface area contributed by atoms with Gasteiger partial charge in [0.15, 0.2) is 5.82 Å². The Kier molecular flexibility index (Phi) is 5.16. The van der Waals surface area contributed by atoms with E-state index in [2.05, 4.69) is 43.2 Å². The van der Waals surface area contributed by atoms with Gasteiger partial charge >= 0.3 is 0 Å². The van der Waals surface area contributed by atoms with Crippen molar-refractivity contribution in [3.63, 3.8) is 0 Å². The third kappa shape index (κ3) is 3.79. The normalized spacial score (nSPS) is 12.1. The van der Waals surface area contributed by atoms with Gasteiger partial charge in [-0.1, -0.05) is 0 Å². The molecule has 1 unspecified atom stereocenters. The van der Waals surface area contributed by atoms with Crippen LogP contribution in [-0.2, 0) is 6.54 Å². The minimum atomic E-state index is 0.103. The average molecular weight is 371 g/mol. The molecular weight excluding hydrogens is 350 g/mol. The number of aromatic nitrogens is 6. The molecule has 7 heteroatoms. The van der Waals surface area contributed by atoms with Gasteiger partial charge in [-0.2, -0.15) is 0 Å². The summed E-state index contributed by atoms with van der Waals surface area (Å²) in [6.45, 7) is 4.81. The Morgan fingerprint density at radius 3 is 2.54 bits per heavy atom. The maximum absolute atomic E-state index is 4.67. The molecular formula is C21H21N7. The van der Waals surface area contributed by atoms with E-state index in [1.165, 1.54) is 0 Å². The second-order valence-electron chi connectivity index (χ2n) is 6.49. The van der Waals surface area contributed by atoms with Crippen LogP contribution in [0.5, 0.6) is 0 Å². The fourth-order valence-electron chi connectivity index (χ4n) is 3.08. The average Bonchev–Trinajstić information content (AvgIpc) is 3.22. The molecule has 4 aromatic rings. The van der Waals surface area contributed by atoms with Crippen molar-refractivity contribution in [1.29, 1.82) is 0 Å². The van der Waals surface area contributed by atoms with Crippen LogP contribution in [0.25, 0.3) is 17.3 Å². The lowest BCUT2D eigenvalue weighted by atomic mass is 10.1. The molecule has 0 bridgehead atoms. The Hall–Kier alpha value is -3.45. The molecule has 0 aliphatic rings. The van der Waals surface area contributed by atoms with Gasteiger partial charge in [0.25, 0.3) is 0 Å². The molecule has 0 amide bonds. The van der Waals surface area contributed by atoms with Crippen LogP contribution in [0.1, 0.15) is 29.9 Å². The number of hydrogen-bond donors (Lipinski definition) is 1. The maximum Gasteiger partial charge on any atom is 0.233 e. The first-order valence-corrected chi connectivity index (χ1v) is 9.13. The highest BCUT2D eigenvalue weighted by atomic mass is 15.2. The molecule has 1 atom stereocenters. The summed E-state index contributed by atoms with van der Waals surface area (Å²) in [6, 6.07) is 9.80. The Bertz CT molecular complexity index is 1040. The molecule has 0 aliphatic heterocycles. The molecule has 0 aliphatic carbocycles. The molecule has 4 aromatic heterocycles. The zero-order chi connectivity index (χ0) is 19.3. The molecule has 0 saturated heterocycles. The molecule has 140 valence electrons. The Labute approximate surface area is 163 Å². The summed E-state index contributed by atoms with van der Waals surface area (Å²) >= 11 is 0. The molecule has 0 radical (unpaired) electrons. The molecule has 0 saturated carbocycles. The van der Waals surface area contributed by atoms with Gasteiger partial charge in [-0.3, -0.25) is 9.55 Å². The fraction of sp³-hybridized carbons (Fsp3) is 0.190. The molecule has 28 heavy (non-hydrogen) atoms. The fourth-order valence-corrected chi connectivity index (χ4v) is 3.08. The van der Waals surface area contributed by atoms with E-state index in [0.717, 1.165) is 22.5 Å². The first-order valence-electron chi connectivity index (χ1n) is 9.13. The lowest BCUT2D eigenvalue weighted by Gasteiger charge is -2.17. The number of rotatable bonds is 6. The van der Waals surface area contributed by atoms with Crippen molar-refractivity contribution in [3.05, 3.63) is 84.5 Å². The smallest absolute Gasteiger partial charge is 0.233 e. The molecule has 0 aromatic carbocycles. The van der Waals surface area contributed by atoms with Crippen LogP contribution < -0.4 is 5.32 Å². The van der Waals surface area contributed by atoms with Crippen molar-refractivity contribution >= 4 is 0 Å². The van der Waals surface area contributed by atoms with Crippen LogP contribution in [0, 0.1) is 6.92 Å². The Balaban J connectivity index is 1.48. The van der Waals surface area contributed by atoms with E-state index in [1.54, 1.807) is 24.8 Å². The predicted molar refractivity (Wildman–Crippen MR) is 107 cm³/mol. The topological polar surface area (TPSA) is 81.4 Å². The van der Waals surface area contributed by atoms with Crippen molar-refractivity contribution in [2.45, 2.75) is 26.4 Å². The van der Waals surface area contributed by atoms with Gasteiger partial charge in [0.05, 0.1) is 0 Å². The minimum absolute atomic E-state index is 0.103. The van der Waals surface area contributed by atoms with Crippen molar-refractivity contribution in [2.24, 2.45) is 0 Å². The molecule has 1 N–H and O–H groups in total. The highest BCUT2D eigenvalue weighted by Gasteiger charge is 2.13. The van der Waals surface area contributed by atoms with Gasteiger partial charge in [-0.15, -0.1) is 0 Å². The summed E-state index contributed by atoms with van der Waals surface area (Å²) < 4.78 is 1.98. The van der Waals surface area contributed by atoms with E-state index in [9.17, 15) is 0 Å². The van der Waals surface area contributed by atoms with Gasteiger partial charge in [0, 0.05) is 72.3 Å². The lowest BCUT2D eigenvalue weighted by Crippen LogP contribution is -2.21. The third-order valence-electron chi connectivity index (χ3n) is 4.61. The number of pyridine rings is 1. The lowest BCUT2D eigenvalue weighted by molar-refractivity contribution is 0.555. The minimum Gasteiger partial charge on any atom is -0.305 e. The number of nitrogens with zero attached hydrogens (tertiary/aromatic N) is 6. The summed E-state index contributed by atoms with van der Waals surface area (Å²) in [5.74, 6) is 1.38. The molecule has 7 nitrogen and oxygen atoms in total. The molecule has 0 fully saturated rings. The number of nitrogens with one attached hydrogen (secondary N) is 1. The van der Waals surface area contributed by atoms with Crippen LogP contribution >= 0.6 is 0 Å². The first-order chi connectivity index (χ1) is 13.7. The predicted octanol–water partition coefficient (Wildman–Crippen LogP) is 3.28. The van der Waals surface area contributed by atoms with E-state index in [0.29, 0.717) is 18.3 Å². The largest absolute Gasteiger partial charge is 0.305 e. The molecule has 4 rings (SSSR count). The number of aryl methyl sites for hydroxylation is 1. The van der Waals surface area contributed by atoms with E-state index in [4.69, 9.17) is 0 Å². The van der Waals surface area contributed by atoms with Crippen molar-refractivity contribution < 1.29 is 0 Å². The zero-order valence-electron chi connectivity index (χ0n) is 15.8.